The molecule has 0 aliphatic carbocycles. The van der Waals surface area contributed by atoms with Crippen LogP contribution in [-0.2, 0) is 11.3 Å². The van der Waals surface area contributed by atoms with Crippen molar-refractivity contribution in [3.63, 3.8) is 0 Å². The van der Waals surface area contributed by atoms with E-state index in [2.05, 4.69) is 36.9 Å². The van der Waals surface area contributed by atoms with Gasteiger partial charge in [-0.15, -0.1) is 0 Å². The van der Waals surface area contributed by atoms with Crippen molar-refractivity contribution >= 4 is 5.97 Å². The van der Waals surface area contributed by atoms with Gasteiger partial charge in [-0.05, 0) is 12.5 Å². The lowest BCUT2D eigenvalue weighted by atomic mass is 10.2. The molecule has 0 unspecified atom stereocenters. The largest absolute Gasteiger partial charge is 0.480 e. The predicted molar refractivity (Wildman–Crippen MR) is 55.8 cm³/mol. The Balaban J connectivity index is 0.000000292. The van der Waals surface area contributed by atoms with Crippen molar-refractivity contribution in [2.24, 2.45) is 11.5 Å². The molecule has 0 saturated heterocycles. The second-order valence-electron chi connectivity index (χ2n) is 2.79. The molecule has 4 nitrogen and oxygen atoms in total. The van der Waals surface area contributed by atoms with Crippen LogP contribution in [0.3, 0.4) is 0 Å². The summed E-state index contributed by atoms with van der Waals surface area (Å²) in [6, 6.07) is 8.25. The third-order valence-electron chi connectivity index (χ3n) is 1.53. The van der Waals surface area contributed by atoms with E-state index < -0.39 is 5.97 Å². The molecule has 0 aromatic heterocycles. The first kappa shape index (κ1) is 12.6. The molecular formula is C10H16N2O2. The number of carboxylic acid groups (broad SMARTS) is 1. The van der Waals surface area contributed by atoms with Crippen LogP contribution in [0.15, 0.2) is 24.3 Å². The van der Waals surface area contributed by atoms with Gasteiger partial charge in [0.15, 0.2) is 0 Å². The van der Waals surface area contributed by atoms with Crippen LogP contribution in [0.4, 0.5) is 0 Å². The first-order chi connectivity index (χ1) is 6.60. The van der Waals surface area contributed by atoms with Crippen molar-refractivity contribution in [2.45, 2.75) is 13.5 Å². The molecule has 0 fully saturated rings. The molecule has 0 aliphatic heterocycles. The Bertz CT molecular complexity index is 270. The summed E-state index contributed by atoms with van der Waals surface area (Å²) < 4.78 is 0. The standard InChI is InChI=1S/C8H11N.C2H5NO2/c1-7-2-4-8(6-9)5-3-7;3-1-2(4)5/h2-5H,6,9H2,1H3;1,3H2,(H,4,5). The number of rotatable bonds is 2. The molecular weight excluding hydrogens is 180 g/mol. The summed E-state index contributed by atoms with van der Waals surface area (Å²) in [6.07, 6.45) is 0. The molecule has 4 heteroatoms. The average Bonchev–Trinajstić information content (AvgIpc) is 2.20. The van der Waals surface area contributed by atoms with Crippen LogP contribution in [0.2, 0.25) is 0 Å². The van der Waals surface area contributed by atoms with Crippen LogP contribution in [0, 0.1) is 6.92 Å². The van der Waals surface area contributed by atoms with E-state index in [1.807, 2.05) is 0 Å². The molecule has 1 aromatic carbocycles. The molecule has 0 spiro atoms. The number of nitrogens with two attached hydrogens (primary N) is 2. The lowest BCUT2D eigenvalue weighted by Gasteiger charge is -1.94. The summed E-state index contributed by atoms with van der Waals surface area (Å²) in [6.45, 7) is 2.43. The van der Waals surface area contributed by atoms with Crippen molar-refractivity contribution < 1.29 is 9.90 Å². The molecule has 5 N–H and O–H groups in total. The number of hydrogen-bond donors (Lipinski definition) is 3. The predicted octanol–water partition coefficient (Wildman–Crippen LogP) is 0.483. The summed E-state index contributed by atoms with van der Waals surface area (Å²) in [5.41, 5.74) is 12.5. The fraction of sp³-hybridized carbons (Fsp3) is 0.300. The Morgan fingerprint density at radius 3 is 2.00 bits per heavy atom. The van der Waals surface area contributed by atoms with Crippen LogP contribution < -0.4 is 11.5 Å². The molecule has 14 heavy (non-hydrogen) atoms. The van der Waals surface area contributed by atoms with Gasteiger partial charge >= 0.3 is 5.97 Å². The van der Waals surface area contributed by atoms with Crippen molar-refractivity contribution in [1.82, 2.24) is 0 Å². The third kappa shape index (κ3) is 6.16. The normalized spacial score (nSPS) is 8.79. The van der Waals surface area contributed by atoms with E-state index in [0.29, 0.717) is 6.54 Å². The van der Waals surface area contributed by atoms with Crippen molar-refractivity contribution in [3.05, 3.63) is 35.4 Å². The maximum absolute atomic E-state index is 9.24. The quantitative estimate of drug-likeness (QED) is 0.642. The summed E-state index contributed by atoms with van der Waals surface area (Å²) in [5, 5.41) is 7.60. The fourth-order valence-corrected chi connectivity index (χ4v) is 0.724. The second-order valence-corrected chi connectivity index (χ2v) is 2.79. The number of hydrogen-bond acceptors (Lipinski definition) is 3. The second kappa shape index (κ2) is 7.06. The van der Waals surface area contributed by atoms with Crippen molar-refractivity contribution in [1.29, 1.82) is 0 Å². The van der Waals surface area contributed by atoms with Gasteiger partial charge in [-0.25, -0.2) is 0 Å². The van der Waals surface area contributed by atoms with Gasteiger partial charge in [-0.2, -0.15) is 0 Å². The molecule has 1 rings (SSSR count). The zero-order valence-corrected chi connectivity index (χ0v) is 8.23. The molecule has 0 radical (unpaired) electrons. The van der Waals surface area contributed by atoms with Crippen LogP contribution in [0.25, 0.3) is 0 Å². The molecule has 1 aromatic rings. The minimum atomic E-state index is -0.968. The zero-order chi connectivity index (χ0) is 11.0. The highest BCUT2D eigenvalue weighted by atomic mass is 16.4. The van der Waals surface area contributed by atoms with Crippen LogP contribution in [0.5, 0.6) is 0 Å². The van der Waals surface area contributed by atoms with Crippen molar-refractivity contribution in [3.8, 4) is 0 Å². The minimum absolute atomic E-state index is 0.278. The van der Waals surface area contributed by atoms with Gasteiger partial charge in [-0.1, -0.05) is 29.8 Å². The molecule has 0 atom stereocenters. The first-order valence-corrected chi connectivity index (χ1v) is 4.27. The maximum atomic E-state index is 9.24. The van der Waals surface area contributed by atoms with Crippen LogP contribution >= 0.6 is 0 Å². The van der Waals surface area contributed by atoms with E-state index in [-0.39, 0.29) is 6.54 Å². The van der Waals surface area contributed by atoms with Crippen molar-refractivity contribution in [2.75, 3.05) is 6.54 Å². The number of carboxylic acids is 1. The molecule has 0 bridgehead atoms. The Labute approximate surface area is 83.5 Å². The van der Waals surface area contributed by atoms with Gasteiger partial charge in [0.1, 0.15) is 0 Å². The number of aryl methyl sites for hydroxylation is 1. The zero-order valence-electron chi connectivity index (χ0n) is 8.23. The monoisotopic (exact) mass is 196 g/mol. The SMILES string of the molecule is Cc1ccc(CN)cc1.NCC(=O)O. The highest BCUT2D eigenvalue weighted by Gasteiger charge is 1.85. The van der Waals surface area contributed by atoms with E-state index >= 15 is 0 Å². The lowest BCUT2D eigenvalue weighted by molar-refractivity contribution is -0.135. The van der Waals surface area contributed by atoms with Gasteiger partial charge in [0.05, 0.1) is 6.54 Å². The van der Waals surface area contributed by atoms with E-state index in [4.69, 9.17) is 10.8 Å². The Kier molecular flexibility index (Phi) is 6.36. The Morgan fingerprint density at radius 2 is 1.71 bits per heavy atom. The summed E-state index contributed by atoms with van der Waals surface area (Å²) in [5.74, 6) is -0.968. The first-order valence-electron chi connectivity index (χ1n) is 4.27. The van der Waals surface area contributed by atoms with E-state index in [0.717, 1.165) is 0 Å². The number of carbonyl (C=O) groups is 1. The summed E-state index contributed by atoms with van der Waals surface area (Å²) in [4.78, 5) is 9.24. The van der Waals surface area contributed by atoms with Crippen LogP contribution in [-0.4, -0.2) is 17.6 Å². The summed E-state index contributed by atoms with van der Waals surface area (Å²) >= 11 is 0. The van der Waals surface area contributed by atoms with Gasteiger partial charge in [0.2, 0.25) is 0 Å². The minimum Gasteiger partial charge on any atom is -0.480 e. The highest BCUT2D eigenvalue weighted by Crippen LogP contribution is 2.00. The van der Waals surface area contributed by atoms with Gasteiger partial charge < -0.3 is 16.6 Å². The number of aliphatic carboxylic acids is 1. The van der Waals surface area contributed by atoms with E-state index in [1.165, 1.54) is 11.1 Å². The van der Waals surface area contributed by atoms with Crippen LogP contribution in [0.1, 0.15) is 11.1 Å². The molecule has 0 heterocycles. The smallest absolute Gasteiger partial charge is 0.317 e. The topological polar surface area (TPSA) is 89.3 Å². The third-order valence-corrected chi connectivity index (χ3v) is 1.53. The Morgan fingerprint density at radius 1 is 1.29 bits per heavy atom. The fourth-order valence-electron chi connectivity index (χ4n) is 0.724. The number of benzene rings is 1. The molecule has 0 saturated carbocycles. The van der Waals surface area contributed by atoms with Gasteiger partial charge in [0, 0.05) is 6.54 Å². The molecule has 0 aliphatic rings. The highest BCUT2D eigenvalue weighted by molar-refractivity contribution is 5.68. The van der Waals surface area contributed by atoms with E-state index in [9.17, 15) is 4.79 Å². The van der Waals surface area contributed by atoms with E-state index in [1.54, 1.807) is 0 Å². The maximum Gasteiger partial charge on any atom is 0.317 e. The molecule has 0 amide bonds. The summed E-state index contributed by atoms with van der Waals surface area (Å²) in [7, 11) is 0. The Hall–Kier alpha value is -1.39. The average molecular weight is 196 g/mol. The van der Waals surface area contributed by atoms with Gasteiger partial charge in [-0.3, -0.25) is 4.79 Å². The van der Waals surface area contributed by atoms with Gasteiger partial charge in [0.25, 0.3) is 0 Å². The lowest BCUT2D eigenvalue weighted by Crippen LogP contribution is -2.10. The molecule has 78 valence electrons.